The molecular weight excluding hydrogens is 482 g/mol. The molecule has 0 aliphatic carbocycles. The van der Waals surface area contributed by atoms with Crippen LogP contribution in [0.25, 0.3) is 0 Å². The lowest BCUT2D eigenvalue weighted by molar-refractivity contribution is -0.140. The Morgan fingerprint density at radius 3 is 2.19 bits per heavy atom. The number of hydrogen-bond donors (Lipinski definition) is 1. The van der Waals surface area contributed by atoms with Crippen LogP contribution in [0.3, 0.4) is 0 Å². The van der Waals surface area contributed by atoms with Crippen LogP contribution in [-0.2, 0) is 26.2 Å². The molecule has 1 N–H and O–H groups in total. The molecule has 36 heavy (non-hydrogen) atoms. The monoisotopic (exact) mass is 519 g/mol. The van der Waals surface area contributed by atoms with Gasteiger partial charge in [-0.05, 0) is 37.5 Å². The third-order valence-corrected chi connectivity index (χ3v) is 7.04. The molecule has 2 aromatic carbocycles. The zero-order chi connectivity index (χ0) is 26.9. The van der Waals surface area contributed by atoms with Crippen LogP contribution in [0.4, 0.5) is 5.69 Å². The lowest BCUT2D eigenvalue weighted by atomic mass is 10.1. The number of ether oxygens (including phenoxy) is 2. The second kappa shape index (κ2) is 13.2. The maximum absolute atomic E-state index is 13.7. The fourth-order valence-corrected chi connectivity index (χ4v) is 4.58. The van der Waals surface area contributed by atoms with Crippen molar-refractivity contribution >= 4 is 27.5 Å². The molecule has 0 saturated heterocycles. The van der Waals surface area contributed by atoms with Gasteiger partial charge in [-0.3, -0.25) is 13.9 Å². The molecule has 0 unspecified atom stereocenters. The fourth-order valence-electron chi connectivity index (χ4n) is 3.73. The lowest BCUT2D eigenvalue weighted by Gasteiger charge is -2.33. The zero-order valence-electron chi connectivity index (χ0n) is 21.9. The number of hydrogen-bond acceptors (Lipinski definition) is 6. The van der Waals surface area contributed by atoms with Gasteiger partial charge < -0.3 is 19.7 Å². The highest BCUT2D eigenvalue weighted by Crippen LogP contribution is 2.33. The molecule has 0 aliphatic heterocycles. The minimum atomic E-state index is -3.88. The number of nitrogens with one attached hydrogen (secondary N) is 1. The summed E-state index contributed by atoms with van der Waals surface area (Å²) in [4.78, 5) is 28.3. The van der Waals surface area contributed by atoms with Gasteiger partial charge in [0, 0.05) is 18.7 Å². The van der Waals surface area contributed by atoms with Crippen LogP contribution in [0, 0.1) is 0 Å². The zero-order valence-corrected chi connectivity index (χ0v) is 22.7. The molecule has 0 aromatic heterocycles. The molecule has 0 fully saturated rings. The maximum atomic E-state index is 13.7. The molecule has 0 radical (unpaired) electrons. The summed E-state index contributed by atoms with van der Waals surface area (Å²) in [5.41, 5.74) is 1.03. The van der Waals surface area contributed by atoms with E-state index in [2.05, 4.69) is 5.32 Å². The third-order valence-electron chi connectivity index (χ3n) is 5.92. The van der Waals surface area contributed by atoms with Crippen molar-refractivity contribution in [1.29, 1.82) is 0 Å². The van der Waals surface area contributed by atoms with Crippen molar-refractivity contribution in [3.8, 4) is 11.5 Å². The first-order chi connectivity index (χ1) is 17.0. The van der Waals surface area contributed by atoms with E-state index >= 15 is 0 Å². The highest BCUT2D eigenvalue weighted by atomic mass is 32.2. The number of carbonyl (C=O) groups excluding carboxylic acids is 2. The minimum absolute atomic E-state index is 0.0590. The standard InChI is InChI=1S/C26H37N3O6S/c1-7-19(3)27-26(31)22(8-2)28(17-20-12-10-9-11-13-20)25(30)18-29(36(6,32)33)23-15-14-21(34-4)16-24(23)35-5/h9-16,19,22H,7-8,17-18H2,1-6H3,(H,27,31)/t19-,22-/m0/s1. The van der Waals surface area contributed by atoms with Gasteiger partial charge in [0.1, 0.15) is 24.1 Å². The highest BCUT2D eigenvalue weighted by molar-refractivity contribution is 7.92. The Bertz CT molecular complexity index is 1120. The molecule has 0 heterocycles. The summed E-state index contributed by atoms with van der Waals surface area (Å²) in [5, 5.41) is 2.95. The van der Waals surface area contributed by atoms with E-state index in [0.29, 0.717) is 12.2 Å². The van der Waals surface area contributed by atoms with Crippen molar-refractivity contribution in [2.24, 2.45) is 0 Å². The Balaban J connectivity index is 2.48. The van der Waals surface area contributed by atoms with Crippen LogP contribution >= 0.6 is 0 Å². The molecule has 0 saturated carbocycles. The van der Waals surface area contributed by atoms with Gasteiger partial charge in [0.05, 0.1) is 26.2 Å². The van der Waals surface area contributed by atoms with Gasteiger partial charge in [-0.2, -0.15) is 0 Å². The van der Waals surface area contributed by atoms with Crippen molar-refractivity contribution in [3.05, 3.63) is 54.1 Å². The fraction of sp³-hybridized carbons (Fsp3) is 0.462. The molecule has 9 nitrogen and oxygen atoms in total. The van der Waals surface area contributed by atoms with Gasteiger partial charge in [0.15, 0.2) is 0 Å². The van der Waals surface area contributed by atoms with Gasteiger partial charge >= 0.3 is 0 Å². The Morgan fingerprint density at radius 1 is 1.00 bits per heavy atom. The Labute approximate surface area is 214 Å². The number of methoxy groups -OCH3 is 2. The number of benzene rings is 2. The van der Waals surface area contributed by atoms with Crippen LogP contribution in [-0.4, -0.2) is 64.2 Å². The molecule has 0 bridgehead atoms. The van der Waals surface area contributed by atoms with E-state index in [4.69, 9.17) is 9.47 Å². The minimum Gasteiger partial charge on any atom is -0.497 e. The van der Waals surface area contributed by atoms with Gasteiger partial charge in [-0.15, -0.1) is 0 Å². The van der Waals surface area contributed by atoms with Crippen molar-refractivity contribution in [3.63, 3.8) is 0 Å². The van der Waals surface area contributed by atoms with Crippen molar-refractivity contribution in [2.75, 3.05) is 31.3 Å². The van der Waals surface area contributed by atoms with Gasteiger partial charge in [0.2, 0.25) is 21.8 Å². The first kappa shape index (κ1) is 29.0. The molecule has 10 heteroatoms. The first-order valence-corrected chi connectivity index (χ1v) is 13.7. The van der Waals surface area contributed by atoms with E-state index in [1.807, 2.05) is 51.1 Å². The van der Waals surface area contributed by atoms with Crippen molar-refractivity contribution < 1.29 is 27.5 Å². The SMILES string of the molecule is CC[C@H](C)NC(=O)[C@H](CC)N(Cc1ccccc1)C(=O)CN(c1ccc(OC)cc1OC)S(C)(=O)=O. The largest absolute Gasteiger partial charge is 0.497 e. The number of sulfonamides is 1. The summed E-state index contributed by atoms with van der Waals surface area (Å²) in [6.45, 7) is 5.35. The van der Waals surface area contributed by atoms with E-state index in [-0.39, 0.29) is 29.9 Å². The van der Waals surface area contributed by atoms with Crippen LogP contribution in [0.15, 0.2) is 48.5 Å². The van der Waals surface area contributed by atoms with Crippen LogP contribution in [0.1, 0.15) is 39.2 Å². The molecule has 0 spiro atoms. The Morgan fingerprint density at radius 2 is 1.67 bits per heavy atom. The van der Waals surface area contributed by atoms with E-state index < -0.39 is 28.5 Å². The predicted octanol–water partition coefficient (Wildman–Crippen LogP) is 3.19. The molecule has 2 amide bonds. The number of amides is 2. The topological polar surface area (TPSA) is 105 Å². The lowest BCUT2D eigenvalue weighted by Crippen LogP contribution is -2.53. The third kappa shape index (κ3) is 7.61. The quantitative estimate of drug-likeness (QED) is 0.436. The van der Waals surface area contributed by atoms with E-state index in [0.717, 1.165) is 22.5 Å². The average Bonchev–Trinajstić information content (AvgIpc) is 2.86. The predicted molar refractivity (Wildman–Crippen MR) is 141 cm³/mol. The number of anilines is 1. The van der Waals surface area contributed by atoms with Gasteiger partial charge in [-0.1, -0.05) is 44.2 Å². The Hall–Kier alpha value is -3.27. The molecule has 198 valence electrons. The van der Waals surface area contributed by atoms with Crippen LogP contribution in [0.5, 0.6) is 11.5 Å². The summed E-state index contributed by atoms with van der Waals surface area (Å²) >= 11 is 0. The van der Waals surface area contributed by atoms with Crippen molar-refractivity contribution in [1.82, 2.24) is 10.2 Å². The summed E-state index contributed by atoms with van der Waals surface area (Å²) in [6, 6.07) is 13.1. The van der Waals surface area contributed by atoms with E-state index in [9.17, 15) is 18.0 Å². The second-order valence-corrected chi connectivity index (χ2v) is 10.5. The maximum Gasteiger partial charge on any atom is 0.244 e. The molecule has 2 rings (SSSR count). The molecule has 2 atom stereocenters. The van der Waals surface area contributed by atoms with Crippen LogP contribution in [0.2, 0.25) is 0 Å². The summed E-state index contributed by atoms with van der Waals surface area (Å²) in [7, 11) is -0.982. The van der Waals surface area contributed by atoms with Crippen molar-refractivity contribution in [2.45, 2.75) is 52.2 Å². The van der Waals surface area contributed by atoms with Gasteiger partial charge in [0.25, 0.3) is 0 Å². The molecule has 2 aromatic rings. The average molecular weight is 520 g/mol. The van der Waals surface area contributed by atoms with E-state index in [1.165, 1.54) is 25.2 Å². The second-order valence-electron chi connectivity index (χ2n) is 8.56. The first-order valence-electron chi connectivity index (χ1n) is 11.9. The Kier molecular flexibility index (Phi) is 10.6. The molecule has 0 aliphatic rings. The number of rotatable bonds is 13. The van der Waals surface area contributed by atoms with Crippen LogP contribution < -0.4 is 19.1 Å². The normalized spacial score (nSPS) is 12.8. The smallest absolute Gasteiger partial charge is 0.244 e. The summed E-state index contributed by atoms with van der Waals surface area (Å²) in [6.07, 6.45) is 2.14. The summed E-state index contributed by atoms with van der Waals surface area (Å²) < 4.78 is 37.2. The summed E-state index contributed by atoms with van der Waals surface area (Å²) in [5.74, 6) is -0.0602. The number of carbonyl (C=O) groups is 2. The van der Waals surface area contributed by atoms with E-state index in [1.54, 1.807) is 12.1 Å². The number of nitrogens with zero attached hydrogens (tertiary/aromatic N) is 2. The molecular formula is C26H37N3O6S. The highest BCUT2D eigenvalue weighted by Gasteiger charge is 2.33. The van der Waals surface area contributed by atoms with Gasteiger partial charge in [-0.25, -0.2) is 8.42 Å².